The van der Waals surface area contributed by atoms with Crippen molar-refractivity contribution in [3.8, 4) is 0 Å². The van der Waals surface area contributed by atoms with Gasteiger partial charge >= 0.3 is 5.97 Å². The molecule has 0 aliphatic heterocycles. The van der Waals surface area contributed by atoms with Crippen LogP contribution in [0.3, 0.4) is 0 Å². The maximum absolute atomic E-state index is 12.3. The third kappa shape index (κ3) is 5.08. The molecular formula is C33H56O3. The fourth-order valence-corrected chi connectivity index (χ4v) is 9.75. The Labute approximate surface area is 222 Å². The molecule has 0 saturated heterocycles. The van der Waals surface area contributed by atoms with E-state index in [1.807, 2.05) is 0 Å². The average molecular weight is 501 g/mol. The molecule has 0 aromatic heterocycles. The Morgan fingerprint density at radius 2 is 1.78 bits per heavy atom. The number of hydrogen-bond donors (Lipinski definition) is 0. The van der Waals surface area contributed by atoms with Crippen molar-refractivity contribution in [1.29, 1.82) is 0 Å². The highest BCUT2D eigenvalue weighted by atomic mass is 16.6. The van der Waals surface area contributed by atoms with Gasteiger partial charge in [0.05, 0.1) is 0 Å². The standard InChI is InChI=1S/C33H56O3/c1-9-24(21(2)3)11-10-22(4)28-14-15-29-27-13-12-25-20-26(36-31(34)23(5)35-8)16-18-32(25,6)30(27)17-19-33(28,29)7/h12,21-24,26-30H,9-11,13-20H2,1-8H3/t22-,23?,24-,26+,27+,28-,29+,30+,32+,33-/m1/s1. The molecular weight excluding hydrogens is 444 g/mol. The summed E-state index contributed by atoms with van der Waals surface area (Å²) in [6, 6.07) is 0. The van der Waals surface area contributed by atoms with Crippen molar-refractivity contribution < 1.29 is 14.3 Å². The quantitative estimate of drug-likeness (QED) is 0.235. The predicted molar refractivity (Wildman–Crippen MR) is 149 cm³/mol. The van der Waals surface area contributed by atoms with E-state index < -0.39 is 6.10 Å². The maximum atomic E-state index is 12.3. The van der Waals surface area contributed by atoms with Gasteiger partial charge in [0.1, 0.15) is 6.10 Å². The molecule has 4 aliphatic rings. The molecule has 0 heterocycles. The number of ether oxygens (including phenoxy) is 2. The van der Waals surface area contributed by atoms with Crippen LogP contribution >= 0.6 is 0 Å². The lowest BCUT2D eigenvalue weighted by molar-refractivity contribution is -0.162. The zero-order valence-corrected chi connectivity index (χ0v) is 24.8. The second-order valence-electron chi connectivity index (χ2n) is 14.1. The molecule has 1 unspecified atom stereocenters. The van der Waals surface area contributed by atoms with Crippen molar-refractivity contribution in [3.63, 3.8) is 0 Å². The first-order valence-corrected chi connectivity index (χ1v) is 15.5. The van der Waals surface area contributed by atoms with E-state index in [0.717, 1.165) is 60.7 Å². The predicted octanol–water partition coefficient (Wildman–Crippen LogP) is 8.61. The lowest BCUT2D eigenvalue weighted by Gasteiger charge is -2.58. The Hall–Kier alpha value is -0.830. The van der Waals surface area contributed by atoms with Crippen molar-refractivity contribution in [3.05, 3.63) is 11.6 Å². The Morgan fingerprint density at radius 1 is 1.03 bits per heavy atom. The van der Waals surface area contributed by atoms with E-state index in [0.29, 0.717) is 10.8 Å². The molecule has 3 nitrogen and oxygen atoms in total. The summed E-state index contributed by atoms with van der Waals surface area (Å²) in [6.45, 7) is 16.8. The smallest absolute Gasteiger partial charge is 0.335 e. The minimum atomic E-state index is -0.477. The summed E-state index contributed by atoms with van der Waals surface area (Å²) >= 11 is 0. The van der Waals surface area contributed by atoms with Gasteiger partial charge in [-0.1, -0.05) is 66.0 Å². The number of fused-ring (bicyclic) bond motifs is 5. The first-order valence-electron chi connectivity index (χ1n) is 15.5. The Bertz CT molecular complexity index is 801. The zero-order chi connectivity index (χ0) is 26.3. The van der Waals surface area contributed by atoms with Gasteiger partial charge in [-0.3, -0.25) is 0 Å². The van der Waals surface area contributed by atoms with Crippen molar-refractivity contribution in [2.24, 2.45) is 52.3 Å². The highest BCUT2D eigenvalue weighted by molar-refractivity contribution is 5.74. The molecule has 206 valence electrons. The summed E-state index contributed by atoms with van der Waals surface area (Å²) in [7, 11) is 1.58. The molecule has 0 radical (unpaired) electrons. The summed E-state index contributed by atoms with van der Waals surface area (Å²) in [6.07, 6.45) is 16.3. The maximum Gasteiger partial charge on any atom is 0.335 e. The van der Waals surface area contributed by atoms with Gasteiger partial charge in [0.25, 0.3) is 0 Å². The Balaban J connectivity index is 1.43. The Kier molecular flexibility index (Phi) is 8.70. The molecule has 0 amide bonds. The zero-order valence-electron chi connectivity index (χ0n) is 24.8. The molecule has 36 heavy (non-hydrogen) atoms. The SMILES string of the molecule is CC[C@H](CC[C@@H](C)[C@H]1CC[C@H]2[C@@H]3CC=C4C[C@@H](OC(=O)C(C)OC)CC[C@]4(C)[C@H]3CC[C@]12C)C(C)C. The number of carbonyl (C=O) groups is 1. The number of allylic oxidation sites excluding steroid dienone is 1. The summed E-state index contributed by atoms with van der Waals surface area (Å²) in [5, 5.41) is 0. The first kappa shape index (κ1) is 28.2. The molecule has 4 rings (SSSR count). The van der Waals surface area contributed by atoms with Crippen LogP contribution in [0.5, 0.6) is 0 Å². The summed E-state index contributed by atoms with van der Waals surface area (Å²) in [5.74, 6) is 5.81. The first-order chi connectivity index (χ1) is 17.0. The molecule has 3 saturated carbocycles. The minimum absolute atomic E-state index is 0.0225. The van der Waals surface area contributed by atoms with Crippen molar-refractivity contribution in [1.82, 2.24) is 0 Å². The van der Waals surface area contributed by atoms with E-state index in [-0.39, 0.29) is 12.1 Å². The van der Waals surface area contributed by atoms with E-state index >= 15 is 0 Å². The van der Waals surface area contributed by atoms with Crippen LogP contribution in [0.4, 0.5) is 0 Å². The number of carbonyl (C=O) groups excluding carboxylic acids is 1. The molecule has 10 atom stereocenters. The fourth-order valence-electron chi connectivity index (χ4n) is 9.75. The third-order valence-corrected chi connectivity index (χ3v) is 12.2. The van der Waals surface area contributed by atoms with Gasteiger partial charge < -0.3 is 9.47 Å². The van der Waals surface area contributed by atoms with Gasteiger partial charge in [-0.2, -0.15) is 0 Å². The second-order valence-corrected chi connectivity index (χ2v) is 14.1. The van der Waals surface area contributed by atoms with Gasteiger partial charge in [-0.15, -0.1) is 0 Å². The average Bonchev–Trinajstić information content (AvgIpc) is 3.21. The van der Waals surface area contributed by atoms with Gasteiger partial charge in [0.15, 0.2) is 6.10 Å². The topological polar surface area (TPSA) is 35.5 Å². The molecule has 0 bridgehead atoms. The van der Waals surface area contributed by atoms with Gasteiger partial charge in [-0.25, -0.2) is 4.79 Å². The van der Waals surface area contributed by atoms with Gasteiger partial charge in [0, 0.05) is 13.5 Å². The molecule has 0 N–H and O–H groups in total. The molecule has 0 aromatic carbocycles. The minimum Gasteiger partial charge on any atom is -0.460 e. The number of methoxy groups -OCH3 is 1. The van der Waals surface area contributed by atoms with Crippen LogP contribution < -0.4 is 0 Å². The largest absolute Gasteiger partial charge is 0.460 e. The molecule has 0 aromatic rings. The Morgan fingerprint density at radius 3 is 2.44 bits per heavy atom. The van der Waals surface area contributed by atoms with Crippen molar-refractivity contribution in [2.75, 3.05) is 7.11 Å². The van der Waals surface area contributed by atoms with Crippen LogP contribution in [0.15, 0.2) is 11.6 Å². The molecule has 4 aliphatic carbocycles. The van der Waals surface area contributed by atoms with E-state index in [1.165, 1.54) is 51.4 Å². The van der Waals surface area contributed by atoms with Gasteiger partial charge in [-0.05, 0) is 111 Å². The fraction of sp³-hybridized carbons (Fsp3) is 0.909. The van der Waals surface area contributed by atoms with Crippen molar-refractivity contribution >= 4 is 5.97 Å². The number of esters is 1. The lowest BCUT2D eigenvalue weighted by atomic mass is 9.47. The van der Waals surface area contributed by atoms with Crippen molar-refractivity contribution in [2.45, 2.75) is 131 Å². The van der Waals surface area contributed by atoms with Crippen LogP contribution in [0.1, 0.15) is 119 Å². The number of hydrogen-bond acceptors (Lipinski definition) is 3. The summed E-state index contributed by atoms with van der Waals surface area (Å²) in [5.41, 5.74) is 2.42. The van der Waals surface area contributed by atoms with Crippen LogP contribution in [0.2, 0.25) is 0 Å². The van der Waals surface area contributed by atoms with E-state index in [2.05, 4.69) is 47.6 Å². The summed E-state index contributed by atoms with van der Waals surface area (Å²) in [4.78, 5) is 12.3. The van der Waals surface area contributed by atoms with E-state index in [4.69, 9.17) is 9.47 Å². The monoisotopic (exact) mass is 500 g/mol. The van der Waals surface area contributed by atoms with Gasteiger partial charge in [0.2, 0.25) is 0 Å². The highest BCUT2D eigenvalue weighted by Crippen LogP contribution is 2.67. The molecule has 0 spiro atoms. The van der Waals surface area contributed by atoms with Crippen LogP contribution in [0, 0.1) is 52.3 Å². The van der Waals surface area contributed by atoms with E-state index in [9.17, 15) is 4.79 Å². The van der Waals surface area contributed by atoms with Crippen LogP contribution in [-0.2, 0) is 14.3 Å². The summed E-state index contributed by atoms with van der Waals surface area (Å²) < 4.78 is 11.0. The molecule has 3 fully saturated rings. The normalized spacial score (nSPS) is 40.5. The number of rotatable bonds is 9. The molecule has 3 heteroatoms. The van der Waals surface area contributed by atoms with Crippen LogP contribution in [0.25, 0.3) is 0 Å². The highest BCUT2D eigenvalue weighted by Gasteiger charge is 2.59. The second kappa shape index (κ2) is 11.1. The van der Waals surface area contributed by atoms with E-state index in [1.54, 1.807) is 19.6 Å². The third-order valence-electron chi connectivity index (χ3n) is 12.2. The van der Waals surface area contributed by atoms with Crippen LogP contribution in [-0.4, -0.2) is 25.3 Å². The lowest BCUT2D eigenvalue weighted by Crippen LogP contribution is -2.51.